The summed E-state index contributed by atoms with van der Waals surface area (Å²) in [6, 6.07) is 22.9. The van der Waals surface area contributed by atoms with Crippen LogP contribution in [0, 0.1) is 0 Å². The summed E-state index contributed by atoms with van der Waals surface area (Å²) in [5.74, 6) is 0. The van der Waals surface area contributed by atoms with Crippen LogP contribution in [0.2, 0.25) is 0 Å². The molecule has 0 amide bonds. The van der Waals surface area contributed by atoms with Gasteiger partial charge in [0, 0.05) is 16.3 Å². The molecular weight excluding hydrogens is 347 g/mol. The van der Waals surface area contributed by atoms with Crippen molar-refractivity contribution in [1.29, 1.82) is 0 Å². The highest BCUT2D eigenvalue weighted by atomic mass is 16.7. The van der Waals surface area contributed by atoms with Gasteiger partial charge in [0.1, 0.15) is 11.2 Å². The van der Waals surface area contributed by atoms with Crippen molar-refractivity contribution < 1.29 is 13.7 Å². The highest BCUT2D eigenvalue weighted by Gasteiger charge is 2.51. The summed E-state index contributed by atoms with van der Waals surface area (Å²) in [7, 11) is -0.346. The van der Waals surface area contributed by atoms with Crippen LogP contribution >= 0.6 is 0 Å². The van der Waals surface area contributed by atoms with Gasteiger partial charge in [-0.1, -0.05) is 60.7 Å². The highest BCUT2D eigenvalue weighted by molar-refractivity contribution is 6.62. The molecule has 1 aliphatic heterocycles. The van der Waals surface area contributed by atoms with Crippen molar-refractivity contribution >= 4 is 34.5 Å². The van der Waals surface area contributed by atoms with E-state index in [0.717, 1.165) is 38.5 Å². The highest BCUT2D eigenvalue weighted by Crippen LogP contribution is 2.37. The fourth-order valence-corrected chi connectivity index (χ4v) is 3.77. The summed E-state index contributed by atoms with van der Waals surface area (Å²) in [4.78, 5) is 0. The summed E-state index contributed by atoms with van der Waals surface area (Å²) < 4.78 is 18.5. The molecule has 0 N–H and O–H groups in total. The molecule has 0 atom stereocenters. The Morgan fingerprint density at radius 1 is 0.679 bits per heavy atom. The number of benzene rings is 3. The maximum atomic E-state index is 6.17. The first-order chi connectivity index (χ1) is 13.4. The monoisotopic (exact) mass is 370 g/mol. The maximum absolute atomic E-state index is 6.17. The topological polar surface area (TPSA) is 31.6 Å². The first-order valence-corrected chi connectivity index (χ1v) is 9.72. The summed E-state index contributed by atoms with van der Waals surface area (Å²) in [6.07, 6.45) is 0. The largest absolute Gasteiger partial charge is 0.494 e. The molecule has 0 radical (unpaired) electrons. The molecule has 3 aromatic carbocycles. The molecule has 140 valence electrons. The van der Waals surface area contributed by atoms with Gasteiger partial charge in [0.2, 0.25) is 0 Å². The zero-order valence-electron chi connectivity index (χ0n) is 16.7. The molecule has 1 fully saturated rings. The van der Waals surface area contributed by atoms with Crippen LogP contribution < -0.4 is 5.46 Å². The average molecular weight is 370 g/mol. The third kappa shape index (κ3) is 2.60. The lowest BCUT2D eigenvalue weighted by molar-refractivity contribution is 0.00578. The van der Waals surface area contributed by atoms with Crippen molar-refractivity contribution in [3.05, 3.63) is 66.7 Å². The van der Waals surface area contributed by atoms with Crippen molar-refractivity contribution in [2.24, 2.45) is 0 Å². The molecule has 0 bridgehead atoms. The predicted molar refractivity (Wildman–Crippen MR) is 115 cm³/mol. The summed E-state index contributed by atoms with van der Waals surface area (Å²) in [5.41, 5.74) is 4.40. The van der Waals surface area contributed by atoms with Crippen molar-refractivity contribution in [3.8, 4) is 11.1 Å². The Bertz CT molecular complexity index is 1160. The van der Waals surface area contributed by atoms with E-state index in [1.54, 1.807) is 0 Å². The minimum Gasteiger partial charge on any atom is -0.455 e. The van der Waals surface area contributed by atoms with Crippen LogP contribution in [0.1, 0.15) is 27.7 Å². The Balaban J connectivity index is 1.53. The van der Waals surface area contributed by atoms with Crippen LogP contribution in [0.5, 0.6) is 0 Å². The molecule has 4 heteroatoms. The lowest BCUT2D eigenvalue weighted by Gasteiger charge is -2.32. The third-order valence-electron chi connectivity index (χ3n) is 6.15. The Kier molecular flexibility index (Phi) is 3.74. The quantitative estimate of drug-likeness (QED) is 0.434. The van der Waals surface area contributed by atoms with E-state index in [9.17, 15) is 0 Å². The smallest absolute Gasteiger partial charge is 0.455 e. The van der Waals surface area contributed by atoms with Gasteiger partial charge in [-0.05, 0) is 44.8 Å². The molecule has 5 rings (SSSR count). The van der Waals surface area contributed by atoms with Gasteiger partial charge in [0.05, 0.1) is 11.2 Å². The van der Waals surface area contributed by atoms with Crippen molar-refractivity contribution in [2.45, 2.75) is 38.9 Å². The molecule has 28 heavy (non-hydrogen) atoms. The van der Waals surface area contributed by atoms with Crippen LogP contribution in [0.25, 0.3) is 33.1 Å². The standard InChI is InChI=1S/C24H23BO3/c1-23(2)24(3,4)28-25(27-23)17-14-12-16(13-15-17)18-9-7-10-20-19-8-5-6-11-21(19)26-22(18)20/h5-15H,1-4H3. The normalized spacial score (nSPS) is 18.2. The van der Waals surface area contributed by atoms with Crippen LogP contribution in [-0.2, 0) is 9.31 Å². The maximum Gasteiger partial charge on any atom is 0.494 e. The van der Waals surface area contributed by atoms with Gasteiger partial charge in [0.25, 0.3) is 0 Å². The zero-order valence-corrected chi connectivity index (χ0v) is 16.7. The van der Waals surface area contributed by atoms with Gasteiger partial charge in [-0.3, -0.25) is 0 Å². The van der Waals surface area contributed by atoms with Gasteiger partial charge in [-0.15, -0.1) is 0 Å². The molecule has 0 saturated carbocycles. The first-order valence-electron chi connectivity index (χ1n) is 9.72. The van der Waals surface area contributed by atoms with E-state index in [2.05, 4.69) is 76.2 Å². The molecule has 0 spiro atoms. The van der Waals surface area contributed by atoms with Gasteiger partial charge in [0.15, 0.2) is 0 Å². The van der Waals surface area contributed by atoms with E-state index in [0.29, 0.717) is 0 Å². The number of furan rings is 1. The van der Waals surface area contributed by atoms with E-state index < -0.39 is 0 Å². The number of rotatable bonds is 2. The fraction of sp³-hybridized carbons (Fsp3) is 0.250. The molecule has 0 aliphatic carbocycles. The lowest BCUT2D eigenvalue weighted by atomic mass is 9.78. The first kappa shape index (κ1) is 17.5. The Morgan fingerprint density at radius 2 is 1.32 bits per heavy atom. The second-order valence-corrected chi connectivity index (χ2v) is 8.49. The number of para-hydroxylation sites is 2. The van der Waals surface area contributed by atoms with Crippen molar-refractivity contribution in [2.75, 3.05) is 0 Å². The van der Waals surface area contributed by atoms with E-state index in [1.165, 1.54) is 0 Å². The summed E-state index contributed by atoms with van der Waals surface area (Å²) in [5, 5.41) is 2.29. The summed E-state index contributed by atoms with van der Waals surface area (Å²) >= 11 is 0. The van der Waals surface area contributed by atoms with Crippen LogP contribution in [0.3, 0.4) is 0 Å². The fourth-order valence-electron chi connectivity index (χ4n) is 3.77. The van der Waals surface area contributed by atoms with E-state index >= 15 is 0 Å². The zero-order chi connectivity index (χ0) is 19.5. The van der Waals surface area contributed by atoms with Crippen LogP contribution in [0.4, 0.5) is 0 Å². The molecule has 1 aliphatic rings. The molecule has 3 nitrogen and oxygen atoms in total. The van der Waals surface area contributed by atoms with Crippen LogP contribution in [0.15, 0.2) is 71.1 Å². The Labute approximate surface area is 165 Å². The van der Waals surface area contributed by atoms with E-state index in [4.69, 9.17) is 13.7 Å². The number of hydrogen-bond acceptors (Lipinski definition) is 3. The molecular formula is C24H23BO3. The SMILES string of the molecule is CC1(C)OB(c2ccc(-c3cccc4c3oc3ccccc34)cc2)OC1(C)C. The minimum absolute atomic E-state index is 0.337. The molecule has 0 unspecified atom stereocenters. The van der Waals surface area contributed by atoms with Gasteiger partial charge >= 0.3 is 7.12 Å². The number of fused-ring (bicyclic) bond motifs is 3. The lowest BCUT2D eigenvalue weighted by Crippen LogP contribution is -2.41. The molecule has 2 heterocycles. The molecule has 1 saturated heterocycles. The second-order valence-electron chi connectivity index (χ2n) is 8.49. The van der Waals surface area contributed by atoms with Gasteiger partial charge in [-0.2, -0.15) is 0 Å². The Hall–Kier alpha value is -2.56. The van der Waals surface area contributed by atoms with E-state index in [-0.39, 0.29) is 18.3 Å². The number of hydrogen-bond donors (Lipinski definition) is 0. The van der Waals surface area contributed by atoms with Crippen molar-refractivity contribution in [1.82, 2.24) is 0 Å². The van der Waals surface area contributed by atoms with Crippen molar-refractivity contribution in [3.63, 3.8) is 0 Å². The average Bonchev–Trinajstić information content (AvgIpc) is 3.15. The summed E-state index contributed by atoms with van der Waals surface area (Å²) in [6.45, 7) is 8.29. The minimum atomic E-state index is -0.346. The third-order valence-corrected chi connectivity index (χ3v) is 6.15. The van der Waals surface area contributed by atoms with E-state index in [1.807, 2.05) is 18.2 Å². The van der Waals surface area contributed by atoms with Crippen LogP contribution in [-0.4, -0.2) is 18.3 Å². The van der Waals surface area contributed by atoms with Gasteiger partial charge < -0.3 is 13.7 Å². The molecule has 1 aromatic heterocycles. The van der Waals surface area contributed by atoms with Gasteiger partial charge in [-0.25, -0.2) is 0 Å². The Morgan fingerprint density at radius 3 is 2.04 bits per heavy atom. The second kappa shape index (κ2) is 5.97. The molecule has 4 aromatic rings. The predicted octanol–water partition coefficient (Wildman–Crippen LogP) is 5.55.